The molecule has 0 saturated heterocycles. The number of benzene rings is 2. The Hall–Kier alpha value is -4.20. The van der Waals surface area contributed by atoms with Gasteiger partial charge in [-0.15, -0.1) is 0 Å². The number of carbonyl (C=O) groups is 4. The molecule has 0 spiro atoms. The number of nitrogens with one attached hydrogen (secondary N) is 3. The number of amides is 3. The normalized spacial score (nSPS) is 15.1. The molecule has 0 saturated carbocycles. The highest BCUT2D eigenvalue weighted by atomic mass is 16.6. The summed E-state index contributed by atoms with van der Waals surface area (Å²) in [6.45, 7) is 9.13. The number of unbranched alkanes of at least 4 members (excludes halogenated alkanes) is 6. The van der Waals surface area contributed by atoms with Crippen molar-refractivity contribution in [1.29, 1.82) is 0 Å². The van der Waals surface area contributed by atoms with Crippen molar-refractivity contribution in [2.45, 2.75) is 110 Å². The van der Waals surface area contributed by atoms with Gasteiger partial charge in [0.15, 0.2) is 11.5 Å². The molecule has 2 aromatic rings. The van der Waals surface area contributed by atoms with Crippen LogP contribution in [-0.4, -0.2) is 88.6 Å². The Morgan fingerprint density at radius 1 is 0.673 bits per heavy atom. The van der Waals surface area contributed by atoms with Crippen molar-refractivity contribution in [3.05, 3.63) is 54.1 Å². The van der Waals surface area contributed by atoms with Crippen LogP contribution < -0.4 is 25.4 Å². The second-order valence-electron chi connectivity index (χ2n) is 14.1. The first-order valence-electron chi connectivity index (χ1n) is 20.0. The fourth-order valence-corrected chi connectivity index (χ4v) is 5.84. The van der Waals surface area contributed by atoms with E-state index in [1.54, 1.807) is 18.2 Å². The Labute approximate surface area is 326 Å². The summed E-state index contributed by atoms with van der Waals surface area (Å²) >= 11 is 0. The van der Waals surface area contributed by atoms with Crippen LogP contribution >= 0.6 is 0 Å². The topological polar surface area (TPSA) is 160 Å². The minimum absolute atomic E-state index is 0.0306. The molecule has 3 N–H and O–H groups in total. The molecule has 0 unspecified atom stereocenters. The zero-order valence-corrected chi connectivity index (χ0v) is 33.1. The monoisotopic (exact) mass is 769 g/mol. The number of rotatable bonds is 20. The highest BCUT2D eigenvalue weighted by Gasteiger charge is 2.28. The third kappa shape index (κ3) is 19.8. The molecule has 3 amide bonds. The smallest absolute Gasteiger partial charge is 0.306 e. The molecule has 0 bridgehead atoms. The summed E-state index contributed by atoms with van der Waals surface area (Å²) in [5.74, 6) is -0.816. The van der Waals surface area contributed by atoms with E-state index in [0.717, 1.165) is 31.2 Å². The van der Waals surface area contributed by atoms with Gasteiger partial charge in [0.2, 0.25) is 17.7 Å². The van der Waals surface area contributed by atoms with Gasteiger partial charge in [0, 0.05) is 24.6 Å². The van der Waals surface area contributed by atoms with Crippen LogP contribution in [0.25, 0.3) is 0 Å². The SMILES string of the molecule is CCCCCCCCCC(=O)N[C@@H](CC(C)C)C(=O)N[C@H](CCC(=O)OCc1ccccc1)C(=O)Nc1ccc2c(c1)OCCOCCOCCOCCO2. The van der Waals surface area contributed by atoms with E-state index in [-0.39, 0.29) is 44.5 Å². The van der Waals surface area contributed by atoms with Crippen molar-refractivity contribution >= 4 is 29.4 Å². The van der Waals surface area contributed by atoms with Gasteiger partial charge in [0.25, 0.3) is 0 Å². The Bertz CT molecular complexity index is 1410. The maximum absolute atomic E-state index is 13.9. The van der Waals surface area contributed by atoms with Crippen LogP contribution in [0.4, 0.5) is 5.69 Å². The third-order valence-electron chi connectivity index (χ3n) is 8.80. The van der Waals surface area contributed by atoms with Gasteiger partial charge >= 0.3 is 5.97 Å². The molecule has 0 aromatic heterocycles. The molecular weight excluding hydrogens is 706 g/mol. The number of hydrogen-bond acceptors (Lipinski definition) is 10. The maximum atomic E-state index is 13.9. The lowest BCUT2D eigenvalue weighted by molar-refractivity contribution is -0.145. The standard InChI is InChI=1S/C42H63N3O10/c1-4-5-6-7-8-9-13-16-39(46)44-36(29-32(2)3)42(49)45-35(18-20-40(47)55-31-33-14-11-10-12-15-33)41(48)43-34-17-19-37-38(30-34)54-28-26-52-24-22-50-21-23-51-25-27-53-37/h10-12,14-15,17,19,30,32,35-36H,4-9,13,16,18,20-29,31H2,1-3H3,(H,43,48)(H,44,46)(H,45,49)/t35-,36+/m1/s1. The van der Waals surface area contributed by atoms with Crippen molar-refractivity contribution in [3.8, 4) is 11.5 Å². The van der Waals surface area contributed by atoms with E-state index in [2.05, 4.69) is 22.9 Å². The second kappa shape index (κ2) is 27.4. The van der Waals surface area contributed by atoms with Crippen LogP contribution in [0.2, 0.25) is 0 Å². The van der Waals surface area contributed by atoms with Gasteiger partial charge in [-0.1, -0.05) is 89.6 Å². The van der Waals surface area contributed by atoms with Crippen molar-refractivity contribution in [3.63, 3.8) is 0 Å². The van der Waals surface area contributed by atoms with Gasteiger partial charge in [0.1, 0.15) is 31.9 Å². The van der Waals surface area contributed by atoms with E-state index in [1.807, 2.05) is 44.2 Å². The zero-order chi connectivity index (χ0) is 39.5. The number of hydrogen-bond donors (Lipinski definition) is 3. The molecule has 0 fully saturated rings. The molecule has 1 aliphatic rings. The van der Waals surface area contributed by atoms with Crippen LogP contribution in [0.5, 0.6) is 11.5 Å². The Balaban J connectivity index is 1.70. The molecule has 13 heteroatoms. The molecule has 306 valence electrons. The molecule has 1 heterocycles. The highest BCUT2D eigenvalue weighted by molar-refractivity contribution is 5.98. The Morgan fingerprint density at radius 2 is 1.29 bits per heavy atom. The van der Waals surface area contributed by atoms with E-state index in [1.165, 1.54) is 19.3 Å². The molecule has 0 aliphatic carbocycles. The van der Waals surface area contributed by atoms with Gasteiger partial charge in [-0.2, -0.15) is 0 Å². The molecule has 3 rings (SSSR count). The number of esters is 1. The second-order valence-corrected chi connectivity index (χ2v) is 14.1. The van der Waals surface area contributed by atoms with Gasteiger partial charge in [0.05, 0.1) is 39.6 Å². The lowest BCUT2D eigenvalue weighted by atomic mass is 10.0. The maximum Gasteiger partial charge on any atom is 0.306 e. The predicted molar refractivity (Wildman–Crippen MR) is 210 cm³/mol. The van der Waals surface area contributed by atoms with Crippen molar-refractivity contribution in [2.24, 2.45) is 5.92 Å². The number of anilines is 1. The van der Waals surface area contributed by atoms with Gasteiger partial charge in [-0.25, -0.2) is 0 Å². The lowest BCUT2D eigenvalue weighted by Gasteiger charge is -2.24. The van der Waals surface area contributed by atoms with Crippen LogP contribution in [0.3, 0.4) is 0 Å². The van der Waals surface area contributed by atoms with E-state index >= 15 is 0 Å². The third-order valence-corrected chi connectivity index (χ3v) is 8.80. The molecule has 2 aromatic carbocycles. The quantitative estimate of drug-likeness (QED) is 0.106. The van der Waals surface area contributed by atoms with Gasteiger partial charge in [-0.3, -0.25) is 19.2 Å². The average molecular weight is 770 g/mol. The molecule has 1 aliphatic heterocycles. The largest absolute Gasteiger partial charge is 0.487 e. The molecule has 0 radical (unpaired) electrons. The molecule has 55 heavy (non-hydrogen) atoms. The number of ether oxygens (including phenoxy) is 6. The highest BCUT2D eigenvalue weighted by Crippen LogP contribution is 2.31. The summed E-state index contributed by atoms with van der Waals surface area (Å²) in [5, 5.41) is 8.59. The van der Waals surface area contributed by atoms with E-state index < -0.39 is 29.9 Å². The van der Waals surface area contributed by atoms with E-state index in [9.17, 15) is 19.2 Å². The van der Waals surface area contributed by atoms with Crippen molar-refractivity contribution < 1.29 is 47.6 Å². The first-order chi connectivity index (χ1) is 26.7. The first kappa shape index (κ1) is 45.2. The zero-order valence-electron chi connectivity index (χ0n) is 33.1. The van der Waals surface area contributed by atoms with E-state index in [4.69, 9.17) is 28.4 Å². The minimum atomic E-state index is -1.12. The average Bonchev–Trinajstić information content (AvgIpc) is 3.18. The fourth-order valence-electron chi connectivity index (χ4n) is 5.84. The van der Waals surface area contributed by atoms with Crippen LogP contribution in [0.15, 0.2) is 48.5 Å². The van der Waals surface area contributed by atoms with Crippen LogP contribution in [0, 0.1) is 5.92 Å². The Kier molecular flexibility index (Phi) is 22.5. The number of fused-ring (bicyclic) bond motifs is 1. The van der Waals surface area contributed by atoms with Gasteiger partial charge in [-0.05, 0) is 42.9 Å². The Morgan fingerprint density at radius 3 is 1.95 bits per heavy atom. The fraction of sp³-hybridized carbons (Fsp3) is 0.619. The first-order valence-corrected chi connectivity index (χ1v) is 20.0. The predicted octanol–water partition coefficient (Wildman–Crippen LogP) is 6.13. The summed E-state index contributed by atoms with van der Waals surface area (Å²) in [6.07, 6.45) is 8.10. The summed E-state index contributed by atoms with van der Waals surface area (Å²) in [4.78, 5) is 53.4. The molecule has 2 atom stereocenters. The summed E-state index contributed by atoms with van der Waals surface area (Å²) in [6, 6.07) is 12.3. The van der Waals surface area contributed by atoms with Crippen molar-refractivity contribution in [1.82, 2.24) is 10.6 Å². The summed E-state index contributed by atoms with van der Waals surface area (Å²) in [5.41, 5.74) is 1.22. The van der Waals surface area contributed by atoms with E-state index in [0.29, 0.717) is 69.7 Å². The van der Waals surface area contributed by atoms with Gasteiger partial charge < -0.3 is 44.4 Å². The number of carbonyl (C=O) groups excluding carboxylic acids is 4. The molecular formula is C42H63N3O10. The molecule has 13 nitrogen and oxygen atoms in total. The van der Waals surface area contributed by atoms with Crippen LogP contribution in [-0.2, 0) is 44.7 Å². The lowest BCUT2D eigenvalue weighted by Crippen LogP contribution is -2.53. The summed E-state index contributed by atoms with van der Waals surface area (Å²) in [7, 11) is 0. The van der Waals surface area contributed by atoms with Crippen LogP contribution in [0.1, 0.15) is 97.0 Å². The van der Waals surface area contributed by atoms with Crippen molar-refractivity contribution in [2.75, 3.05) is 58.2 Å². The summed E-state index contributed by atoms with van der Waals surface area (Å²) < 4.78 is 33.9. The minimum Gasteiger partial charge on any atom is -0.487 e.